The van der Waals surface area contributed by atoms with Crippen LogP contribution < -0.4 is 5.73 Å². The maximum atomic E-state index is 5.93. The monoisotopic (exact) mass is 351 g/mol. The van der Waals surface area contributed by atoms with E-state index >= 15 is 0 Å². The summed E-state index contributed by atoms with van der Waals surface area (Å²) < 4.78 is 5.27. The lowest BCUT2D eigenvalue weighted by Gasteiger charge is -2.27. The highest BCUT2D eigenvalue weighted by atomic mass is 127. The van der Waals surface area contributed by atoms with E-state index in [0.717, 1.165) is 39.3 Å². The molecule has 0 aromatic carbocycles. The number of aliphatic imine (C=N–C) groups is 1. The summed E-state index contributed by atoms with van der Waals surface area (Å²) in [6.45, 7) is 4.10. The molecule has 17 heavy (non-hydrogen) atoms. The Kier molecular flexibility index (Phi) is 6.87. The molecule has 1 aliphatic carbocycles. The first-order valence-corrected chi connectivity index (χ1v) is 6.17. The molecular formula is C12H22IN3O. The molecule has 1 saturated heterocycles. The highest BCUT2D eigenvalue weighted by Gasteiger charge is 2.11. The minimum Gasteiger partial charge on any atom is -0.378 e. The third-order valence-corrected chi connectivity index (χ3v) is 3.18. The van der Waals surface area contributed by atoms with Crippen LogP contribution in [0.5, 0.6) is 0 Å². The average Bonchev–Trinajstić information content (AvgIpc) is 2.83. The molecular weight excluding hydrogens is 329 g/mol. The average molecular weight is 351 g/mol. The van der Waals surface area contributed by atoms with Crippen molar-refractivity contribution in [1.82, 2.24) is 4.90 Å². The van der Waals surface area contributed by atoms with Gasteiger partial charge in [-0.3, -0.25) is 4.99 Å². The topological polar surface area (TPSA) is 50.8 Å². The zero-order valence-electron chi connectivity index (χ0n) is 10.2. The molecule has 0 bridgehead atoms. The van der Waals surface area contributed by atoms with Crippen LogP contribution >= 0.6 is 24.0 Å². The van der Waals surface area contributed by atoms with Gasteiger partial charge in [0, 0.05) is 19.6 Å². The van der Waals surface area contributed by atoms with Gasteiger partial charge in [0.15, 0.2) is 5.96 Å². The fraction of sp³-hybridized carbons (Fsp3) is 0.750. The maximum absolute atomic E-state index is 5.93. The molecule has 0 unspecified atom stereocenters. The number of hydrogen-bond acceptors (Lipinski definition) is 2. The van der Waals surface area contributed by atoms with E-state index in [9.17, 15) is 0 Å². The molecule has 1 heterocycles. The number of nitrogens with two attached hydrogens (primary N) is 1. The molecule has 0 radical (unpaired) electrons. The quantitative estimate of drug-likeness (QED) is 0.365. The number of ether oxygens (including phenoxy) is 1. The van der Waals surface area contributed by atoms with E-state index in [0.29, 0.717) is 5.96 Å². The van der Waals surface area contributed by atoms with Crippen molar-refractivity contribution in [2.24, 2.45) is 10.7 Å². The predicted octanol–water partition coefficient (Wildman–Crippen LogP) is 1.75. The first kappa shape index (κ1) is 14.8. The van der Waals surface area contributed by atoms with Crippen LogP contribution in [0.4, 0.5) is 0 Å². The van der Waals surface area contributed by atoms with E-state index in [1.807, 2.05) is 0 Å². The second-order valence-electron chi connectivity index (χ2n) is 4.34. The van der Waals surface area contributed by atoms with Crippen LogP contribution in [0.25, 0.3) is 0 Å². The molecule has 0 amide bonds. The van der Waals surface area contributed by atoms with E-state index in [4.69, 9.17) is 10.5 Å². The summed E-state index contributed by atoms with van der Waals surface area (Å²) in [5.41, 5.74) is 7.49. The summed E-state index contributed by atoms with van der Waals surface area (Å²) in [7, 11) is 0. The van der Waals surface area contributed by atoms with E-state index in [1.165, 1.54) is 19.3 Å². The largest absolute Gasteiger partial charge is 0.378 e. The minimum absolute atomic E-state index is 0. The van der Waals surface area contributed by atoms with Gasteiger partial charge in [-0.25, -0.2) is 0 Å². The van der Waals surface area contributed by atoms with Gasteiger partial charge in [-0.15, -0.1) is 24.0 Å². The Hall–Kier alpha value is -0.300. The van der Waals surface area contributed by atoms with Crippen LogP contribution in [0.1, 0.15) is 25.7 Å². The van der Waals surface area contributed by atoms with Crippen molar-refractivity contribution in [1.29, 1.82) is 0 Å². The van der Waals surface area contributed by atoms with Crippen LogP contribution in [0, 0.1) is 0 Å². The Morgan fingerprint density at radius 3 is 2.82 bits per heavy atom. The standard InChI is InChI=1S/C12H21N3O.HI/c13-12(15-7-9-16-10-8-15)14-6-5-11-3-1-2-4-11;/h3H,1-2,4-10H2,(H2,13,14);1H. The first-order chi connectivity index (χ1) is 7.86. The van der Waals surface area contributed by atoms with Gasteiger partial charge in [0.1, 0.15) is 0 Å². The lowest BCUT2D eigenvalue weighted by molar-refractivity contribution is 0.0674. The molecule has 0 spiro atoms. The second kappa shape index (κ2) is 7.92. The van der Waals surface area contributed by atoms with E-state index < -0.39 is 0 Å². The Balaban J connectivity index is 0.00000144. The Labute approximate surface area is 120 Å². The van der Waals surface area contributed by atoms with Crippen molar-refractivity contribution in [3.05, 3.63) is 11.6 Å². The third kappa shape index (κ3) is 4.83. The number of guanidine groups is 1. The van der Waals surface area contributed by atoms with Crippen molar-refractivity contribution in [2.45, 2.75) is 25.7 Å². The third-order valence-electron chi connectivity index (χ3n) is 3.18. The molecule has 2 rings (SSSR count). The SMILES string of the molecule is I.NC(=NCCC1=CCCC1)N1CCOCC1. The molecule has 0 aromatic rings. The molecule has 2 aliphatic rings. The van der Waals surface area contributed by atoms with E-state index in [2.05, 4.69) is 16.0 Å². The Morgan fingerprint density at radius 1 is 1.41 bits per heavy atom. The first-order valence-electron chi connectivity index (χ1n) is 6.17. The number of morpholine rings is 1. The lowest BCUT2D eigenvalue weighted by Crippen LogP contribution is -2.44. The van der Waals surface area contributed by atoms with E-state index in [1.54, 1.807) is 5.57 Å². The van der Waals surface area contributed by atoms with Crippen molar-refractivity contribution in [2.75, 3.05) is 32.8 Å². The molecule has 0 aromatic heterocycles. The number of nitrogens with zero attached hydrogens (tertiary/aromatic N) is 2. The highest BCUT2D eigenvalue weighted by Crippen LogP contribution is 2.20. The second-order valence-corrected chi connectivity index (χ2v) is 4.34. The normalized spacial score (nSPS) is 21.1. The molecule has 0 atom stereocenters. The van der Waals surface area contributed by atoms with Gasteiger partial charge in [0.25, 0.3) is 0 Å². The maximum Gasteiger partial charge on any atom is 0.191 e. The van der Waals surface area contributed by atoms with Gasteiger partial charge in [-0.1, -0.05) is 11.6 Å². The summed E-state index contributed by atoms with van der Waals surface area (Å²) in [4.78, 5) is 6.54. The van der Waals surface area contributed by atoms with Crippen molar-refractivity contribution < 1.29 is 4.74 Å². The summed E-state index contributed by atoms with van der Waals surface area (Å²) >= 11 is 0. The van der Waals surface area contributed by atoms with Crippen molar-refractivity contribution >= 4 is 29.9 Å². The van der Waals surface area contributed by atoms with Crippen LogP contribution in [0.2, 0.25) is 0 Å². The highest BCUT2D eigenvalue weighted by molar-refractivity contribution is 14.0. The smallest absolute Gasteiger partial charge is 0.191 e. The number of halogens is 1. The Bertz CT molecular complexity index is 285. The zero-order valence-corrected chi connectivity index (χ0v) is 12.6. The molecule has 1 aliphatic heterocycles. The number of allylic oxidation sites excluding steroid dienone is 1. The zero-order chi connectivity index (χ0) is 11.2. The molecule has 4 nitrogen and oxygen atoms in total. The molecule has 2 N–H and O–H groups in total. The molecule has 5 heteroatoms. The van der Waals surface area contributed by atoms with Gasteiger partial charge < -0.3 is 15.4 Å². The fourth-order valence-corrected chi connectivity index (χ4v) is 2.17. The Morgan fingerprint density at radius 2 is 2.18 bits per heavy atom. The van der Waals surface area contributed by atoms with Gasteiger partial charge in [-0.2, -0.15) is 0 Å². The van der Waals surface area contributed by atoms with Crippen LogP contribution in [0.3, 0.4) is 0 Å². The van der Waals surface area contributed by atoms with Gasteiger partial charge in [-0.05, 0) is 25.7 Å². The van der Waals surface area contributed by atoms with Gasteiger partial charge in [0.05, 0.1) is 13.2 Å². The van der Waals surface area contributed by atoms with Crippen LogP contribution in [-0.2, 0) is 4.74 Å². The van der Waals surface area contributed by atoms with Crippen molar-refractivity contribution in [3.63, 3.8) is 0 Å². The number of rotatable bonds is 3. The number of hydrogen-bond donors (Lipinski definition) is 1. The van der Waals surface area contributed by atoms with E-state index in [-0.39, 0.29) is 24.0 Å². The van der Waals surface area contributed by atoms with Gasteiger partial charge >= 0.3 is 0 Å². The molecule has 1 fully saturated rings. The molecule has 0 saturated carbocycles. The van der Waals surface area contributed by atoms with Crippen LogP contribution in [-0.4, -0.2) is 43.7 Å². The van der Waals surface area contributed by atoms with Crippen LogP contribution in [0.15, 0.2) is 16.6 Å². The summed E-state index contributed by atoms with van der Waals surface area (Å²) in [6.07, 6.45) is 7.24. The predicted molar refractivity (Wildman–Crippen MR) is 80.8 cm³/mol. The van der Waals surface area contributed by atoms with Crippen molar-refractivity contribution in [3.8, 4) is 0 Å². The fourth-order valence-electron chi connectivity index (χ4n) is 2.17. The summed E-state index contributed by atoms with van der Waals surface area (Å²) in [5, 5.41) is 0. The summed E-state index contributed by atoms with van der Waals surface area (Å²) in [6, 6.07) is 0. The van der Waals surface area contributed by atoms with Gasteiger partial charge in [0.2, 0.25) is 0 Å². The molecule has 98 valence electrons. The summed E-state index contributed by atoms with van der Waals surface area (Å²) in [5.74, 6) is 0.682. The lowest BCUT2D eigenvalue weighted by atomic mass is 10.2. The minimum atomic E-state index is 0.